The van der Waals surface area contributed by atoms with Gasteiger partial charge in [0.2, 0.25) is 0 Å². The van der Waals surface area contributed by atoms with Gasteiger partial charge in [0.15, 0.2) is 0 Å². The molecule has 1 unspecified atom stereocenters. The van der Waals surface area contributed by atoms with Gasteiger partial charge in [0.25, 0.3) is 0 Å². The topological polar surface area (TPSA) is 52.3 Å². The molecule has 1 aliphatic carbocycles. The molecule has 0 aliphatic heterocycles. The summed E-state index contributed by atoms with van der Waals surface area (Å²) in [6.45, 7) is 2.13. The molecule has 1 saturated carbocycles. The second kappa shape index (κ2) is 4.60. The van der Waals surface area contributed by atoms with Crippen molar-refractivity contribution in [2.24, 2.45) is 11.1 Å². The average molecular weight is 197 g/mol. The number of carbonyl (C=O) groups is 1. The third-order valence-electron chi connectivity index (χ3n) is 2.81. The highest BCUT2D eigenvalue weighted by Crippen LogP contribution is 2.49. The largest absolute Gasteiger partial charge is 0.468 e. The predicted molar refractivity (Wildman–Crippen MR) is 55.7 cm³/mol. The summed E-state index contributed by atoms with van der Waals surface area (Å²) in [5.74, 6) is -0.302. The number of ether oxygens (including phenoxy) is 1. The molecule has 0 saturated heterocycles. The lowest BCUT2D eigenvalue weighted by atomic mass is 9.96. The van der Waals surface area contributed by atoms with E-state index in [4.69, 9.17) is 5.73 Å². The first-order valence-electron chi connectivity index (χ1n) is 5.17. The standard InChI is InChI=1S/C11H19NO2/c1-3-4-5-6-11(7-8-11)9(12)10(13)14-2/h5-6,9H,3-4,7-8,12H2,1-2H3/b6-5+. The zero-order valence-electron chi connectivity index (χ0n) is 8.95. The molecule has 0 aromatic carbocycles. The maximum atomic E-state index is 11.3. The molecular weight excluding hydrogens is 178 g/mol. The Morgan fingerprint density at radius 1 is 1.64 bits per heavy atom. The molecule has 1 fully saturated rings. The van der Waals surface area contributed by atoms with Gasteiger partial charge in [0, 0.05) is 5.41 Å². The molecule has 2 N–H and O–H groups in total. The SMILES string of the molecule is CCC/C=C/C1(C(N)C(=O)OC)CC1. The van der Waals surface area contributed by atoms with Crippen LogP contribution in [0.4, 0.5) is 0 Å². The van der Waals surface area contributed by atoms with E-state index in [2.05, 4.69) is 23.8 Å². The van der Waals surface area contributed by atoms with Crippen LogP contribution >= 0.6 is 0 Å². The van der Waals surface area contributed by atoms with Gasteiger partial charge in [-0.25, -0.2) is 0 Å². The quantitative estimate of drug-likeness (QED) is 0.538. The van der Waals surface area contributed by atoms with E-state index in [1.165, 1.54) is 7.11 Å². The average Bonchev–Trinajstić information content (AvgIpc) is 2.97. The smallest absolute Gasteiger partial charge is 0.323 e. The molecule has 14 heavy (non-hydrogen) atoms. The van der Waals surface area contributed by atoms with Crippen molar-refractivity contribution in [3.63, 3.8) is 0 Å². The van der Waals surface area contributed by atoms with Crippen molar-refractivity contribution < 1.29 is 9.53 Å². The molecule has 0 bridgehead atoms. The second-order valence-corrected chi connectivity index (χ2v) is 3.93. The van der Waals surface area contributed by atoms with E-state index in [0.717, 1.165) is 25.7 Å². The molecule has 0 heterocycles. The molecule has 0 aromatic rings. The molecule has 3 nitrogen and oxygen atoms in total. The molecule has 1 rings (SSSR count). The highest BCUT2D eigenvalue weighted by Gasteiger charge is 2.49. The molecular formula is C11H19NO2. The lowest BCUT2D eigenvalue weighted by Gasteiger charge is -2.16. The first-order chi connectivity index (χ1) is 6.66. The lowest BCUT2D eigenvalue weighted by molar-refractivity contribution is -0.143. The van der Waals surface area contributed by atoms with Crippen LogP contribution in [0.2, 0.25) is 0 Å². The molecule has 0 radical (unpaired) electrons. The van der Waals surface area contributed by atoms with E-state index in [9.17, 15) is 4.79 Å². The van der Waals surface area contributed by atoms with Gasteiger partial charge in [-0.3, -0.25) is 4.79 Å². The van der Waals surface area contributed by atoms with Crippen LogP contribution in [0.15, 0.2) is 12.2 Å². The summed E-state index contributed by atoms with van der Waals surface area (Å²) in [6, 6.07) is -0.486. The molecule has 0 spiro atoms. The van der Waals surface area contributed by atoms with Gasteiger partial charge in [0.1, 0.15) is 6.04 Å². The maximum absolute atomic E-state index is 11.3. The Morgan fingerprint density at radius 3 is 2.71 bits per heavy atom. The second-order valence-electron chi connectivity index (χ2n) is 3.93. The number of nitrogens with two attached hydrogens (primary N) is 1. The minimum absolute atomic E-state index is 0.0950. The zero-order chi connectivity index (χ0) is 10.6. The van der Waals surface area contributed by atoms with Crippen LogP contribution in [0.3, 0.4) is 0 Å². The highest BCUT2D eigenvalue weighted by atomic mass is 16.5. The van der Waals surface area contributed by atoms with Gasteiger partial charge in [-0.1, -0.05) is 25.5 Å². The molecule has 3 heteroatoms. The number of rotatable bonds is 5. The Labute approximate surface area is 85.3 Å². The maximum Gasteiger partial charge on any atom is 0.323 e. The van der Waals surface area contributed by atoms with Gasteiger partial charge in [-0.15, -0.1) is 0 Å². The summed E-state index contributed by atoms with van der Waals surface area (Å²) < 4.78 is 4.65. The van der Waals surface area contributed by atoms with E-state index in [-0.39, 0.29) is 11.4 Å². The first kappa shape index (κ1) is 11.2. The van der Waals surface area contributed by atoms with E-state index in [1.807, 2.05) is 0 Å². The minimum atomic E-state index is -0.486. The van der Waals surface area contributed by atoms with Crippen molar-refractivity contribution in [1.82, 2.24) is 0 Å². The number of hydrogen-bond acceptors (Lipinski definition) is 3. The van der Waals surface area contributed by atoms with Crippen LogP contribution in [0, 0.1) is 5.41 Å². The fourth-order valence-electron chi connectivity index (χ4n) is 1.57. The number of allylic oxidation sites excluding steroid dienone is 1. The van der Waals surface area contributed by atoms with Crippen molar-refractivity contribution in [1.29, 1.82) is 0 Å². The number of carbonyl (C=O) groups excluding carboxylic acids is 1. The summed E-state index contributed by atoms with van der Waals surface area (Å²) in [7, 11) is 1.38. The van der Waals surface area contributed by atoms with Crippen LogP contribution in [-0.2, 0) is 9.53 Å². The first-order valence-corrected chi connectivity index (χ1v) is 5.17. The summed E-state index contributed by atoms with van der Waals surface area (Å²) in [5, 5.41) is 0. The van der Waals surface area contributed by atoms with E-state index < -0.39 is 6.04 Å². The number of unbranched alkanes of at least 4 members (excludes halogenated alkanes) is 1. The van der Waals surface area contributed by atoms with Gasteiger partial charge >= 0.3 is 5.97 Å². The van der Waals surface area contributed by atoms with Crippen LogP contribution in [0.1, 0.15) is 32.6 Å². The van der Waals surface area contributed by atoms with Gasteiger partial charge in [-0.05, 0) is 19.3 Å². The predicted octanol–water partition coefficient (Wildman–Crippen LogP) is 1.62. The van der Waals surface area contributed by atoms with Crippen LogP contribution in [0.5, 0.6) is 0 Å². The van der Waals surface area contributed by atoms with Crippen molar-refractivity contribution in [2.45, 2.75) is 38.6 Å². The fraction of sp³-hybridized carbons (Fsp3) is 0.727. The summed E-state index contributed by atoms with van der Waals surface area (Å²) >= 11 is 0. The minimum Gasteiger partial charge on any atom is -0.468 e. The molecule has 1 atom stereocenters. The van der Waals surface area contributed by atoms with E-state index in [1.54, 1.807) is 0 Å². The summed E-state index contributed by atoms with van der Waals surface area (Å²) in [6.07, 6.45) is 8.40. The Bertz CT molecular complexity index is 231. The molecule has 0 amide bonds. The summed E-state index contributed by atoms with van der Waals surface area (Å²) in [5.41, 5.74) is 5.73. The molecule has 1 aliphatic rings. The zero-order valence-corrected chi connectivity index (χ0v) is 8.95. The van der Waals surface area contributed by atoms with Crippen molar-refractivity contribution in [2.75, 3.05) is 7.11 Å². The number of esters is 1. The summed E-state index contributed by atoms with van der Waals surface area (Å²) in [4.78, 5) is 11.3. The van der Waals surface area contributed by atoms with E-state index >= 15 is 0 Å². The Hall–Kier alpha value is -0.830. The Kier molecular flexibility index (Phi) is 3.69. The molecule has 80 valence electrons. The van der Waals surface area contributed by atoms with Gasteiger partial charge < -0.3 is 10.5 Å². The van der Waals surface area contributed by atoms with Crippen molar-refractivity contribution in [3.8, 4) is 0 Å². The van der Waals surface area contributed by atoms with Crippen LogP contribution in [-0.4, -0.2) is 19.1 Å². The van der Waals surface area contributed by atoms with Crippen molar-refractivity contribution in [3.05, 3.63) is 12.2 Å². The normalized spacial score (nSPS) is 20.8. The number of methoxy groups -OCH3 is 1. The van der Waals surface area contributed by atoms with Gasteiger partial charge in [-0.2, -0.15) is 0 Å². The molecule has 0 aromatic heterocycles. The van der Waals surface area contributed by atoms with Gasteiger partial charge in [0.05, 0.1) is 7.11 Å². The van der Waals surface area contributed by atoms with E-state index in [0.29, 0.717) is 0 Å². The fourth-order valence-corrected chi connectivity index (χ4v) is 1.57. The highest BCUT2D eigenvalue weighted by molar-refractivity contribution is 5.77. The van der Waals surface area contributed by atoms with Crippen LogP contribution in [0.25, 0.3) is 0 Å². The lowest BCUT2D eigenvalue weighted by Crippen LogP contribution is -2.39. The third kappa shape index (κ3) is 2.35. The Morgan fingerprint density at radius 2 is 2.29 bits per heavy atom. The number of hydrogen-bond donors (Lipinski definition) is 1. The monoisotopic (exact) mass is 197 g/mol. The van der Waals surface area contributed by atoms with Crippen molar-refractivity contribution >= 4 is 5.97 Å². The Balaban J connectivity index is 2.53. The third-order valence-corrected chi connectivity index (χ3v) is 2.81. The van der Waals surface area contributed by atoms with Crippen LogP contribution < -0.4 is 5.73 Å².